The second kappa shape index (κ2) is 9.47. The molecule has 2 amide bonds. The fourth-order valence-corrected chi connectivity index (χ4v) is 5.57. The van der Waals surface area contributed by atoms with Crippen LogP contribution in [0.15, 0.2) is 24.5 Å². The highest BCUT2D eigenvalue weighted by Gasteiger charge is 2.42. The number of carbonyl (C=O) groups is 3. The van der Waals surface area contributed by atoms with E-state index in [4.69, 9.17) is 0 Å². The van der Waals surface area contributed by atoms with Gasteiger partial charge in [0.2, 0.25) is 11.8 Å². The Labute approximate surface area is 184 Å². The standard InChI is InChI=1S/C24H34N4O3/c1-27-21(30)16-20(22(27)18-4-2-11-25-17-18)23(31)26-12-3-13-28-14-9-24(10-15-28)7-5-19(29)6-8-24/h2,4,11,17,20,22H,3,5-10,12-16H2,1H3,(H,26,31)/t20-,22+/m0/s1. The van der Waals surface area contributed by atoms with Gasteiger partial charge in [0.25, 0.3) is 0 Å². The van der Waals surface area contributed by atoms with Gasteiger partial charge in [0, 0.05) is 45.2 Å². The molecule has 0 bridgehead atoms. The van der Waals surface area contributed by atoms with E-state index in [1.807, 2.05) is 12.1 Å². The van der Waals surface area contributed by atoms with Gasteiger partial charge in [0.15, 0.2) is 0 Å². The summed E-state index contributed by atoms with van der Waals surface area (Å²) in [5.74, 6) is 0.0203. The minimum Gasteiger partial charge on any atom is -0.356 e. The van der Waals surface area contributed by atoms with Crippen molar-refractivity contribution < 1.29 is 14.4 Å². The van der Waals surface area contributed by atoms with Gasteiger partial charge >= 0.3 is 0 Å². The zero-order chi connectivity index (χ0) is 21.8. The number of Topliss-reactive ketones (excluding diaryl/α,β-unsaturated/α-hetero) is 1. The van der Waals surface area contributed by atoms with Crippen molar-refractivity contribution in [2.24, 2.45) is 11.3 Å². The molecule has 1 N–H and O–H groups in total. The molecule has 1 saturated carbocycles. The van der Waals surface area contributed by atoms with E-state index < -0.39 is 0 Å². The quantitative estimate of drug-likeness (QED) is 0.706. The van der Waals surface area contributed by atoms with E-state index in [1.165, 1.54) is 12.8 Å². The minimum absolute atomic E-state index is 0.000613. The van der Waals surface area contributed by atoms with Gasteiger partial charge in [-0.25, -0.2) is 0 Å². The van der Waals surface area contributed by atoms with Crippen LogP contribution in [0.5, 0.6) is 0 Å². The fourth-order valence-electron chi connectivity index (χ4n) is 5.57. The lowest BCUT2D eigenvalue weighted by Gasteiger charge is -2.44. The van der Waals surface area contributed by atoms with Crippen molar-refractivity contribution in [3.8, 4) is 0 Å². The molecule has 1 aromatic heterocycles. The van der Waals surface area contributed by atoms with Crippen LogP contribution in [0.1, 0.15) is 63.0 Å². The summed E-state index contributed by atoms with van der Waals surface area (Å²) in [7, 11) is 1.76. The summed E-state index contributed by atoms with van der Waals surface area (Å²) in [6.07, 6.45) is 10.7. The Kier molecular flexibility index (Phi) is 6.70. The van der Waals surface area contributed by atoms with Crippen molar-refractivity contribution in [2.75, 3.05) is 33.2 Å². The molecule has 2 saturated heterocycles. The zero-order valence-electron chi connectivity index (χ0n) is 18.5. The van der Waals surface area contributed by atoms with Crippen molar-refractivity contribution in [3.63, 3.8) is 0 Å². The molecule has 7 nitrogen and oxygen atoms in total. The van der Waals surface area contributed by atoms with Crippen LogP contribution in [0.4, 0.5) is 0 Å². The maximum absolute atomic E-state index is 12.8. The average molecular weight is 427 g/mol. The predicted octanol–water partition coefficient (Wildman–Crippen LogP) is 2.33. The molecule has 1 aromatic rings. The van der Waals surface area contributed by atoms with Crippen LogP contribution in [0, 0.1) is 11.3 Å². The number of aromatic nitrogens is 1. The van der Waals surface area contributed by atoms with Crippen molar-refractivity contribution in [3.05, 3.63) is 30.1 Å². The molecule has 1 spiro atoms. The molecule has 3 fully saturated rings. The van der Waals surface area contributed by atoms with E-state index in [0.717, 1.165) is 57.3 Å². The molecule has 0 aromatic carbocycles. The molecule has 0 radical (unpaired) electrons. The smallest absolute Gasteiger partial charge is 0.226 e. The lowest BCUT2D eigenvalue weighted by molar-refractivity contribution is -0.128. The van der Waals surface area contributed by atoms with Crippen LogP contribution in [-0.4, -0.2) is 65.6 Å². The number of amides is 2. The number of nitrogens with one attached hydrogen (secondary N) is 1. The van der Waals surface area contributed by atoms with E-state index in [-0.39, 0.29) is 30.2 Å². The third kappa shape index (κ3) is 4.97. The summed E-state index contributed by atoms with van der Waals surface area (Å²) in [5.41, 5.74) is 1.31. The Bertz CT molecular complexity index is 792. The van der Waals surface area contributed by atoms with E-state index in [9.17, 15) is 14.4 Å². The Morgan fingerprint density at radius 3 is 2.61 bits per heavy atom. The van der Waals surface area contributed by atoms with Gasteiger partial charge in [-0.2, -0.15) is 0 Å². The average Bonchev–Trinajstić information content (AvgIpc) is 3.09. The Morgan fingerprint density at radius 1 is 1.19 bits per heavy atom. The predicted molar refractivity (Wildman–Crippen MR) is 117 cm³/mol. The van der Waals surface area contributed by atoms with Gasteiger partial charge in [-0.05, 0) is 68.8 Å². The Balaban J connectivity index is 1.21. The molecule has 2 atom stereocenters. The minimum atomic E-state index is -0.370. The first-order valence-electron chi connectivity index (χ1n) is 11.6. The number of hydrogen-bond acceptors (Lipinski definition) is 5. The largest absolute Gasteiger partial charge is 0.356 e. The Morgan fingerprint density at radius 2 is 1.94 bits per heavy atom. The number of carbonyl (C=O) groups excluding carboxylic acids is 3. The Hall–Kier alpha value is -2.28. The molecular weight excluding hydrogens is 392 g/mol. The first-order valence-corrected chi connectivity index (χ1v) is 11.6. The topological polar surface area (TPSA) is 82.6 Å². The lowest BCUT2D eigenvalue weighted by atomic mass is 9.68. The second-order valence-electron chi connectivity index (χ2n) is 9.57. The molecule has 3 aliphatic rings. The molecular formula is C24H34N4O3. The summed E-state index contributed by atoms with van der Waals surface area (Å²) in [5, 5.41) is 3.06. The SMILES string of the molecule is CN1C(=O)C[C@H](C(=O)NCCCN2CCC3(CCC(=O)CC3)CC2)[C@H]1c1cccnc1. The van der Waals surface area contributed by atoms with Crippen LogP contribution >= 0.6 is 0 Å². The van der Waals surface area contributed by atoms with Crippen LogP contribution in [0.3, 0.4) is 0 Å². The number of piperidine rings is 1. The zero-order valence-corrected chi connectivity index (χ0v) is 18.5. The van der Waals surface area contributed by atoms with Gasteiger partial charge in [-0.1, -0.05) is 6.07 Å². The third-order valence-corrected chi connectivity index (χ3v) is 7.68. The van der Waals surface area contributed by atoms with Gasteiger partial charge in [0.05, 0.1) is 12.0 Å². The number of nitrogens with zero attached hydrogens (tertiary/aromatic N) is 3. The molecule has 3 heterocycles. The third-order valence-electron chi connectivity index (χ3n) is 7.68. The summed E-state index contributed by atoms with van der Waals surface area (Å²) in [6.45, 7) is 3.79. The summed E-state index contributed by atoms with van der Waals surface area (Å²) in [4.78, 5) is 45.0. The van der Waals surface area contributed by atoms with Crippen LogP contribution in [-0.2, 0) is 14.4 Å². The molecule has 168 valence electrons. The highest BCUT2D eigenvalue weighted by molar-refractivity contribution is 5.90. The van der Waals surface area contributed by atoms with Crippen molar-refractivity contribution in [1.82, 2.24) is 20.1 Å². The lowest BCUT2D eigenvalue weighted by Crippen LogP contribution is -2.43. The molecule has 4 rings (SSSR count). The number of ketones is 1. The maximum Gasteiger partial charge on any atom is 0.226 e. The molecule has 7 heteroatoms. The first kappa shape index (κ1) is 21.9. The van der Waals surface area contributed by atoms with Crippen LogP contribution in [0.25, 0.3) is 0 Å². The second-order valence-corrected chi connectivity index (χ2v) is 9.57. The van der Waals surface area contributed by atoms with E-state index in [1.54, 1.807) is 24.3 Å². The van der Waals surface area contributed by atoms with E-state index in [0.29, 0.717) is 17.7 Å². The molecule has 0 unspecified atom stereocenters. The van der Waals surface area contributed by atoms with E-state index in [2.05, 4.69) is 15.2 Å². The van der Waals surface area contributed by atoms with E-state index >= 15 is 0 Å². The summed E-state index contributed by atoms with van der Waals surface area (Å²) < 4.78 is 0. The summed E-state index contributed by atoms with van der Waals surface area (Å²) in [6, 6.07) is 3.52. The number of hydrogen-bond donors (Lipinski definition) is 1. The first-order chi connectivity index (χ1) is 15.0. The highest BCUT2D eigenvalue weighted by atomic mass is 16.2. The molecule has 31 heavy (non-hydrogen) atoms. The fraction of sp³-hybridized carbons (Fsp3) is 0.667. The van der Waals surface area contributed by atoms with Gasteiger partial charge in [-0.3, -0.25) is 19.4 Å². The highest BCUT2D eigenvalue weighted by Crippen LogP contribution is 2.43. The van der Waals surface area contributed by atoms with Gasteiger partial charge in [-0.15, -0.1) is 0 Å². The van der Waals surface area contributed by atoms with Crippen molar-refractivity contribution in [2.45, 2.75) is 57.4 Å². The van der Waals surface area contributed by atoms with Crippen LogP contribution in [0.2, 0.25) is 0 Å². The summed E-state index contributed by atoms with van der Waals surface area (Å²) >= 11 is 0. The number of pyridine rings is 1. The molecule has 2 aliphatic heterocycles. The van der Waals surface area contributed by atoms with Crippen LogP contribution < -0.4 is 5.32 Å². The van der Waals surface area contributed by atoms with Gasteiger partial charge < -0.3 is 15.1 Å². The normalized spacial score (nSPS) is 26.4. The molecule has 1 aliphatic carbocycles. The monoisotopic (exact) mass is 426 g/mol. The number of rotatable bonds is 6. The number of likely N-dealkylation sites (tertiary alicyclic amines) is 2. The van der Waals surface area contributed by atoms with Crippen molar-refractivity contribution in [1.29, 1.82) is 0 Å². The van der Waals surface area contributed by atoms with Crippen molar-refractivity contribution >= 4 is 17.6 Å². The van der Waals surface area contributed by atoms with Gasteiger partial charge in [0.1, 0.15) is 5.78 Å². The maximum atomic E-state index is 12.8.